The molecule has 1 fully saturated rings. The van der Waals surface area contributed by atoms with E-state index in [0.29, 0.717) is 5.92 Å². The first-order chi connectivity index (χ1) is 10.8. The summed E-state index contributed by atoms with van der Waals surface area (Å²) in [5, 5.41) is 15.9. The zero-order chi connectivity index (χ0) is 16.0. The molecular formula is C17H37IN4O. The van der Waals surface area contributed by atoms with Gasteiger partial charge in [0, 0.05) is 32.8 Å². The third-order valence-electron chi connectivity index (χ3n) is 4.26. The standard InChI is InChI=1S/C17H36N4O.HI/c1-3-8-16(9-14-22)15-20-17(18-4-2)19-10-13-21-11-6-5-7-12-21;/h16,22H,3-15H2,1-2H3,(H2,18,19,20);1H. The first kappa shape index (κ1) is 22.9. The maximum absolute atomic E-state index is 9.13. The lowest BCUT2D eigenvalue weighted by atomic mass is 10.0. The molecule has 0 radical (unpaired) electrons. The molecule has 0 amide bonds. The number of piperidine rings is 1. The summed E-state index contributed by atoms with van der Waals surface area (Å²) in [6.07, 6.45) is 7.21. The molecule has 0 aromatic heterocycles. The monoisotopic (exact) mass is 440 g/mol. The van der Waals surface area contributed by atoms with Gasteiger partial charge in [-0.15, -0.1) is 24.0 Å². The highest BCUT2D eigenvalue weighted by atomic mass is 127. The van der Waals surface area contributed by atoms with E-state index in [-0.39, 0.29) is 30.6 Å². The number of aliphatic hydroxyl groups is 1. The Balaban J connectivity index is 0.00000484. The zero-order valence-electron chi connectivity index (χ0n) is 15.0. The van der Waals surface area contributed by atoms with Crippen molar-refractivity contribution in [3.05, 3.63) is 0 Å². The molecule has 0 aromatic carbocycles. The fraction of sp³-hybridized carbons (Fsp3) is 0.941. The number of hydrogen-bond donors (Lipinski definition) is 3. The van der Waals surface area contributed by atoms with Crippen LogP contribution in [0.25, 0.3) is 0 Å². The second kappa shape index (κ2) is 15.4. The van der Waals surface area contributed by atoms with E-state index < -0.39 is 0 Å². The lowest BCUT2D eigenvalue weighted by molar-refractivity contribution is 0.232. The minimum absolute atomic E-state index is 0. The molecule has 0 spiro atoms. The van der Waals surface area contributed by atoms with Crippen molar-refractivity contribution < 1.29 is 5.11 Å². The molecule has 0 aliphatic carbocycles. The first-order valence-electron chi connectivity index (χ1n) is 9.15. The largest absolute Gasteiger partial charge is 0.396 e. The van der Waals surface area contributed by atoms with Crippen LogP contribution >= 0.6 is 24.0 Å². The Morgan fingerprint density at radius 1 is 1.13 bits per heavy atom. The van der Waals surface area contributed by atoms with Crippen LogP contribution in [0.1, 0.15) is 52.4 Å². The lowest BCUT2D eigenvalue weighted by Gasteiger charge is -2.26. The maximum Gasteiger partial charge on any atom is 0.191 e. The highest BCUT2D eigenvalue weighted by molar-refractivity contribution is 14.0. The van der Waals surface area contributed by atoms with Gasteiger partial charge in [0.1, 0.15) is 0 Å². The first-order valence-corrected chi connectivity index (χ1v) is 9.15. The Kier molecular flexibility index (Phi) is 15.4. The van der Waals surface area contributed by atoms with Gasteiger partial charge in [0.05, 0.1) is 0 Å². The zero-order valence-corrected chi connectivity index (χ0v) is 17.3. The van der Waals surface area contributed by atoms with Crippen molar-refractivity contribution in [1.29, 1.82) is 0 Å². The van der Waals surface area contributed by atoms with Crippen molar-refractivity contribution in [3.63, 3.8) is 0 Å². The van der Waals surface area contributed by atoms with Gasteiger partial charge >= 0.3 is 0 Å². The molecule has 6 heteroatoms. The summed E-state index contributed by atoms with van der Waals surface area (Å²) in [6, 6.07) is 0. The predicted octanol–water partition coefficient (Wildman–Crippen LogP) is 2.44. The van der Waals surface area contributed by atoms with Crippen molar-refractivity contribution in [1.82, 2.24) is 15.5 Å². The van der Waals surface area contributed by atoms with Crippen LogP contribution in [-0.2, 0) is 0 Å². The molecule has 0 aromatic rings. The molecule has 0 bridgehead atoms. The van der Waals surface area contributed by atoms with E-state index in [1.165, 1.54) is 32.4 Å². The number of rotatable bonds is 10. The van der Waals surface area contributed by atoms with Crippen molar-refractivity contribution >= 4 is 29.9 Å². The van der Waals surface area contributed by atoms with E-state index in [4.69, 9.17) is 10.1 Å². The van der Waals surface area contributed by atoms with Crippen molar-refractivity contribution in [3.8, 4) is 0 Å². The normalized spacial score (nSPS) is 17.4. The quantitative estimate of drug-likeness (QED) is 0.278. The predicted molar refractivity (Wildman–Crippen MR) is 110 cm³/mol. The number of hydrogen-bond acceptors (Lipinski definition) is 3. The maximum atomic E-state index is 9.13. The van der Waals surface area contributed by atoms with Crippen LogP contribution in [0.5, 0.6) is 0 Å². The van der Waals surface area contributed by atoms with E-state index in [2.05, 4.69) is 29.4 Å². The average Bonchev–Trinajstić information content (AvgIpc) is 2.54. The molecule has 0 saturated carbocycles. The van der Waals surface area contributed by atoms with Crippen LogP contribution in [0.3, 0.4) is 0 Å². The summed E-state index contributed by atoms with van der Waals surface area (Å²) in [6.45, 7) is 10.8. The molecule has 1 atom stereocenters. The van der Waals surface area contributed by atoms with E-state index in [9.17, 15) is 0 Å². The summed E-state index contributed by atoms with van der Waals surface area (Å²) >= 11 is 0. The van der Waals surface area contributed by atoms with Crippen LogP contribution in [0.2, 0.25) is 0 Å². The van der Waals surface area contributed by atoms with Gasteiger partial charge in [0.2, 0.25) is 0 Å². The SMILES string of the molecule is CCCC(CCO)CN=C(NCC)NCCN1CCCCC1.I. The molecule has 23 heavy (non-hydrogen) atoms. The van der Waals surface area contributed by atoms with Crippen molar-refractivity contribution in [2.75, 3.05) is 45.9 Å². The molecular weight excluding hydrogens is 403 g/mol. The van der Waals surface area contributed by atoms with Gasteiger partial charge in [-0.05, 0) is 51.6 Å². The number of guanidine groups is 1. The summed E-state index contributed by atoms with van der Waals surface area (Å²) in [5.41, 5.74) is 0. The summed E-state index contributed by atoms with van der Waals surface area (Å²) < 4.78 is 0. The number of aliphatic imine (C=N–C) groups is 1. The Morgan fingerprint density at radius 2 is 1.87 bits per heavy atom. The summed E-state index contributed by atoms with van der Waals surface area (Å²) in [7, 11) is 0. The van der Waals surface area contributed by atoms with E-state index in [1.54, 1.807) is 0 Å². The number of aliphatic hydroxyl groups excluding tert-OH is 1. The molecule has 1 aliphatic heterocycles. The second-order valence-corrected chi connectivity index (χ2v) is 6.22. The molecule has 1 unspecified atom stereocenters. The van der Waals surface area contributed by atoms with Gasteiger partial charge in [0.15, 0.2) is 5.96 Å². The van der Waals surface area contributed by atoms with Gasteiger partial charge in [-0.1, -0.05) is 19.8 Å². The van der Waals surface area contributed by atoms with Gasteiger partial charge in [-0.3, -0.25) is 4.99 Å². The molecule has 1 rings (SSSR count). The molecule has 138 valence electrons. The highest BCUT2D eigenvalue weighted by Crippen LogP contribution is 2.11. The number of halogens is 1. The Labute approximate surface area is 159 Å². The fourth-order valence-corrected chi connectivity index (χ4v) is 3.00. The third kappa shape index (κ3) is 11.2. The van der Waals surface area contributed by atoms with Gasteiger partial charge < -0.3 is 20.6 Å². The van der Waals surface area contributed by atoms with Crippen molar-refractivity contribution in [2.24, 2.45) is 10.9 Å². The van der Waals surface area contributed by atoms with Gasteiger partial charge in [-0.2, -0.15) is 0 Å². The van der Waals surface area contributed by atoms with E-state index in [1.807, 2.05) is 0 Å². The average molecular weight is 440 g/mol. The molecule has 1 aliphatic rings. The Morgan fingerprint density at radius 3 is 2.48 bits per heavy atom. The summed E-state index contributed by atoms with van der Waals surface area (Å²) in [4.78, 5) is 7.23. The van der Waals surface area contributed by atoms with Crippen LogP contribution in [0, 0.1) is 5.92 Å². The highest BCUT2D eigenvalue weighted by Gasteiger charge is 2.10. The van der Waals surface area contributed by atoms with E-state index in [0.717, 1.165) is 51.4 Å². The third-order valence-corrected chi connectivity index (χ3v) is 4.26. The molecule has 1 saturated heterocycles. The fourth-order valence-electron chi connectivity index (χ4n) is 3.00. The van der Waals surface area contributed by atoms with E-state index >= 15 is 0 Å². The van der Waals surface area contributed by atoms with Gasteiger partial charge in [-0.25, -0.2) is 0 Å². The molecule has 3 N–H and O–H groups in total. The molecule has 1 heterocycles. The minimum atomic E-state index is 0. The van der Waals surface area contributed by atoms with Crippen LogP contribution in [0.15, 0.2) is 4.99 Å². The van der Waals surface area contributed by atoms with Crippen LogP contribution in [-0.4, -0.2) is 61.8 Å². The smallest absolute Gasteiger partial charge is 0.191 e. The van der Waals surface area contributed by atoms with Crippen LogP contribution < -0.4 is 10.6 Å². The minimum Gasteiger partial charge on any atom is -0.396 e. The number of likely N-dealkylation sites (tertiary alicyclic amines) is 1. The molecule has 5 nitrogen and oxygen atoms in total. The van der Waals surface area contributed by atoms with Crippen molar-refractivity contribution in [2.45, 2.75) is 52.4 Å². The Hall–Kier alpha value is -0.0800. The lowest BCUT2D eigenvalue weighted by Crippen LogP contribution is -2.42. The summed E-state index contributed by atoms with van der Waals surface area (Å²) in [5.74, 6) is 1.41. The Bertz CT molecular complexity index is 290. The van der Waals surface area contributed by atoms with Gasteiger partial charge in [0.25, 0.3) is 0 Å². The number of nitrogens with zero attached hydrogens (tertiary/aromatic N) is 2. The van der Waals surface area contributed by atoms with Crippen LogP contribution in [0.4, 0.5) is 0 Å². The topological polar surface area (TPSA) is 59.9 Å². The number of nitrogens with one attached hydrogen (secondary N) is 2. The second-order valence-electron chi connectivity index (χ2n) is 6.22.